The lowest BCUT2D eigenvalue weighted by Gasteiger charge is -2.23. The minimum atomic E-state index is -2.20. The van der Waals surface area contributed by atoms with Gasteiger partial charge in [-0.3, -0.25) is 0 Å². The number of hydrogen-bond donors (Lipinski definition) is 8. The molecule has 4 atom stereocenters. The van der Waals surface area contributed by atoms with Gasteiger partial charge in [0.1, 0.15) is 24.9 Å². The van der Waals surface area contributed by atoms with Crippen LogP contribution in [0.4, 0.5) is 0 Å². The van der Waals surface area contributed by atoms with Crippen LogP contribution >= 0.6 is 0 Å². The molecular formula is C8H16O10. The number of carboxylic acid groups (broad SMARTS) is 2. The highest BCUT2D eigenvalue weighted by Crippen LogP contribution is 2.04. The van der Waals surface area contributed by atoms with Gasteiger partial charge in [0.05, 0.1) is 6.61 Å². The highest BCUT2D eigenvalue weighted by atomic mass is 16.4. The molecule has 0 amide bonds. The van der Waals surface area contributed by atoms with Gasteiger partial charge in [-0.25, -0.2) is 9.59 Å². The van der Waals surface area contributed by atoms with E-state index >= 15 is 0 Å². The Morgan fingerprint density at radius 3 is 1.50 bits per heavy atom. The van der Waals surface area contributed by atoms with Crippen LogP contribution in [0.3, 0.4) is 0 Å². The Hall–Kier alpha value is -1.30. The van der Waals surface area contributed by atoms with Crippen LogP contribution in [0.2, 0.25) is 0 Å². The maximum absolute atomic E-state index is 10.1. The van der Waals surface area contributed by atoms with Gasteiger partial charge in [0.15, 0.2) is 6.10 Å². The fraction of sp³-hybridized carbons (Fsp3) is 0.750. The summed E-state index contributed by atoms with van der Waals surface area (Å²) in [6.45, 7) is -1.62. The minimum absolute atomic E-state index is 0.778. The van der Waals surface area contributed by atoms with Crippen LogP contribution in [0.5, 0.6) is 0 Å². The van der Waals surface area contributed by atoms with Gasteiger partial charge in [-0.15, -0.1) is 0 Å². The van der Waals surface area contributed by atoms with Crippen LogP contribution in [0.15, 0.2) is 0 Å². The first-order valence-electron chi connectivity index (χ1n) is 4.57. The summed E-state index contributed by atoms with van der Waals surface area (Å²) < 4.78 is 0. The first-order chi connectivity index (χ1) is 8.18. The summed E-state index contributed by atoms with van der Waals surface area (Å²) in [6, 6.07) is 0. The van der Waals surface area contributed by atoms with E-state index in [-0.39, 0.29) is 0 Å². The maximum Gasteiger partial charge on any atom is 0.335 e. The molecular weight excluding hydrogens is 256 g/mol. The first-order valence-corrected chi connectivity index (χ1v) is 4.57. The molecule has 0 aromatic heterocycles. The summed E-state index contributed by atoms with van der Waals surface area (Å²) in [4.78, 5) is 19.2. The molecule has 0 aliphatic rings. The molecule has 108 valence electrons. The quantitative estimate of drug-likeness (QED) is 0.233. The van der Waals surface area contributed by atoms with Gasteiger partial charge in [0.25, 0.3) is 0 Å². The third kappa shape index (κ3) is 7.89. The first kappa shape index (κ1) is 19.0. The number of aliphatic carboxylic acids is 2. The molecule has 10 nitrogen and oxygen atoms in total. The Morgan fingerprint density at radius 2 is 1.28 bits per heavy atom. The van der Waals surface area contributed by atoms with Crippen molar-refractivity contribution in [3.05, 3.63) is 0 Å². The van der Waals surface area contributed by atoms with Crippen LogP contribution < -0.4 is 0 Å². The van der Waals surface area contributed by atoms with Crippen LogP contribution in [-0.2, 0) is 9.59 Å². The lowest BCUT2D eigenvalue weighted by Crippen LogP contribution is -2.48. The molecule has 0 aliphatic heterocycles. The molecule has 8 N–H and O–H groups in total. The fourth-order valence-corrected chi connectivity index (χ4v) is 0.668. The number of hydrogen-bond acceptors (Lipinski definition) is 8. The molecule has 0 aliphatic carbocycles. The average molecular weight is 272 g/mol. The molecule has 10 heteroatoms. The summed E-state index contributed by atoms with van der Waals surface area (Å²) in [5.41, 5.74) is 0. The summed E-state index contributed by atoms with van der Waals surface area (Å²) in [6.07, 6.45) is -7.84. The van der Waals surface area contributed by atoms with E-state index < -0.39 is 49.6 Å². The zero-order valence-electron chi connectivity index (χ0n) is 9.12. The molecule has 0 aromatic carbocycles. The molecule has 0 saturated carbocycles. The molecule has 0 unspecified atom stereocenters. The minimum Gasteiger partial charge on any atom is -0.480 e. The van der Waals surface area contributed by atoms with Crippen molar-refractivity contribution in [2.24, 2.45) is 0 Å². The number of carboxylic acids is 2. The third-order valence-corrected chi connectivity index (χ3v) is 1.64. The monoisotopic (exact) mass is 272 g/mol. The van der Waals surface area contributed by atoms with Crippen LogP contribution in [0, 0.1) is 0 Å². The van der Waals surface area contributed by atoms with E-state index in [4.69, 9.17) is 45.6 Å². The highest BCUT2D eigenvalue weighted by molar-refractivity contribution is 5.72. The van der Waals surface area contributed by atoms with Crippen molar-refractivity contribution < 1.29 is 50.4 Å². The standard InChI is InChI=1S/C6H12O7.C2H4O3/c7-1-2(8)3(9)4(10)5(11)6(12)13;3-1-2(4)5/h2-5,7-11H,1H2,(H,12,13);3H,1H2,(H,4,5)/t2-,3-,4+,5-;/m1./s1. The summed E-state index contributed by atoms with van der Waals surface area (Å²) in [5.74, 6) is -2.92. The summed E-state index contributed by atoms with van der Waals surface area (Å²) in [5, 5.41) is 66.8. The predicted molar refractivity (Wildman–Crippen MR) is 53.5 cm³/mol. The van der Waals surface area contributed by atoms with Gasteiger partial charge < -0.3 is 40.9 Å². The van der Waals surface area contributed by atoms with E-state index in [0.29, 0.717) is 0 Å². The molecule has 0 rings (SSSR count). The maximum atomic E-state index is 10.1. The zero-order chi connectivity index (χ0) is 14.9. The Morgan fingerprint density at radius 1 is 0.889 bits per heavy atom. The molecule has 0 radical (unpaired) electrons. The molecule has 0 heterocycles. The summed E-state index contributed by atoms with van der Waals surface area (Å²) >= 11 is 0. The Kier molecular flexibility index (Phi) is 10.3. The van der Waals surface area contributed by atoms with Crippen molar-refractivity contribution in [1.82, 2.24) is 0 Å². The lowest BCUT2D eigenvalue weighted by molar-refractivity contribution is -0.164. The average Bonchev–Trinajstić information content (AvgIpc) is 2.35. The fourth-order valence-electron chi connectivity index (χ4n) is 0.668. The number of carbonyl (C=O) groups is 2. The van der Waals surface area contributed by atoms with E-state index in [9.17, 15) is 4.79 Å². The van der Waals surface area contributed by atoms with E-state index in [1.807, 2.05) is 0 Å². The third-order valence-electron chi connectivity index (χ3n) is 1.64. The Labute approximate surface area is 101 Å². The second-order valence-electron chi connectivity index (χ2n) is 3.07. The van der Waals surface area contributed by atoms with Crippen molar-refractivity contribution in [2.45, 2.75) is 24.4 Å². The largest absolute Gasteiger partial charge is 0.480 e. The molecule has 0 fully saturated rings. The van der Waals surface area contributed by atoms with Crippen molar-refractivity contribution >= 4 is 11.9 Å². The van der Waals surface area contributed by atoms with Gasteiger partial charge in [-0.1, -0.05) is 0 Å². The van der Waals surface area contributed by atoms with Crippen molar-refractivity contribution in [3.8, 4) is 0 Å². The smallest absolute Gasteiger partial charge is 0.335 e. The second kappa shape index (κ2) is 9.70. The van der Waals surface area contributed by atoms with E-state index in [2.05, 4.69) is 0 Å². The van der Waals surface area contributed by atoms with Gasteiger partial charge in [0, 0.05) is 0 Å². The van der Waals surface area contributed by atoms with E-state index in [1.54, 1.807) is 0 Å². The van der Waals surface area contributed by atoms with Crippen molar-refractivity contribution in [2.75, 3.05) is 13.2 Å². The summed E-state index contributed by atoms with van der Waals surface area (Å²) in [7, 11) is 0. The normalized spacial score (nSPS) is 16.8. The molecule has 18 heavy (non-hydrogen) atoms. The van der Waals surface area contributed by atoms with E-state index in [0.717, 1.165) is 0 Å². The van der Waals surface area contributed by atoms with Gasteiger partial charge in [0.2, 0.25) is 0 Å². The molecule has 0 spiro atoms. The van der Waals surface area contributed by atoms with Crippen LogP contribution in [0.1, 0.15) is 0 Å². The van der Waals surface area contributed by atoms with E-state index in [1.165, 1.54) is 0 Å². The molecule has 0 aromatic rings. The predicted octanol–water partition coefficient (Wildman–Crippen LogP) is -4.43. The molecule has 0 bridgehead atoms. The van der Waals surface area contributed by atoms with Gasteiger partial charge in [-0.05, 0) is 0 Å². The Bertz CT molecular complexity index is 254. The highest BCUT2D eigenvalue weighted by Gasteiger charge is 2.33. The number of aliphatic hydroxyl groups excluding tert-OH is 6. The second-order valence-corrected chi connectivity index (χ2v) is 3.07. The van der Waals surface area contributed by atoms with Gasteiger partial charge in [-0.2, -0.15) is 0 Å². The van der Waals surface area contributed by atoms with Crippen LogP contribution in [0.25, 0.3) is 0 Å². The van der Waals surface area contributed by atoms with Gasteiger partial charge >= 0.3 is 11.9 Å². The van der Waals surface area contributed by atoms with Crippen molar-refractivity contribution in [1.29, 1.82) is 0 Å². The Balaban J connectivity index is 0. The molecule has 0 saturated heterocycles. The SMILES string of the molecule is O=C(O)CO.O=C(O)[C@H](O)[C@@H](O)[C@H](O)[C@H](O)CO. The van der Waals surface area contributed by atoms with Crippen LogP contribution in [-0.4, -0.2) is 90.4 Å². The number of aliphatic hydroxyl groups is 6. The topological polar surface area (TPSA) is 196 Å². The number of rotatable bonds is 6. The van der Waals surface area contributed by atoms with Crippen molar-refractivity contribution in [3.63, 3.8) is 0 Å². The lowest BCUT2D eigenvalue weighted by atomic mass is 10.0. The zero-order valence-corrected chi connectivity index (χ0v) is 9.12.